The first-order chi connectivity index (χ1) is 6.66. The van der Waals surface area contributed by atoms with Crippen molar-refractivity contribution in [2.24, 2.45) is 5.92 Å². The van der Waals surface area contributed by atoms with Gasteiger partial charge in [0.15, 0.2) is 0 Å². The Morgan fingerprint density at radius 1 is 1.43 bits per heavy atom. The first-order valence-electron chi connectivity index (χ1n) is 5.16. The summed E-state index contributed by atoms with van der Waals surface area (Å²) in [5, 5.41) is 5.67. The maximum atomic E-state index is 11.0. The highest BCUT2D eigenvalue weighted by Gasteiger charge is 1.97. The molecule has 1 amide bonds. The van der Waals surface area contributed by atoms with Crippen LogP contribution in [-0.2, 0) is 4.79 Å². The van der Waals surface area contributed by atoms with E-state index in [1.165, 1.54) is 5.75 Å². The molecule has 0 aromatic carbocycles. The lowest BCUT2D eigenvalue weighted by atomic mass is 10.3. The number of amides is 1. The molecule has 0 aliphatic heterocycles. The summed E-state index contributed by atoms with van der Waals surface area (Å²) < 4.78 is 0. The molecule has 3 nitrogen and oxygen atoms in total. The van der Waals surface area contributed by atoms with Crippen molar-refractivity contribution >= 4 is 17.7 Å². The molecule has 4 heteroatoms. The first kappa shape index (κ1) is 13.8. The molecule has 0 rings (SSSR count). The molecule has 0 heterocycles. The van der Waals surface area contributed by atoms with Gasteiger partial charge in [-0.3, -0.25) is 4.79 Å². The van der Waals surface area contributed by atoms with Crippen LogP contribution >= 0.6 is 11.8 Å². The molecule has 0 aromatic rings. The number of carbonyl (C=O) groups excluding carboxylic acids is 1. The fraction of sp³-hybridized carbons (Fsp3) is 0.900. The summed E-state index contributed by atoms with van der Waals surface area (Å²) in [7, 11) is 1.78. The van der Waals surface area contributed by atoms with Gasteiger partial charge in [0.2, 0.25) is 5.91 Å². The van der Waals surface area contributed by atoms with E-state index in [1.807, 2.05) is 11.8 Å². The Kier molecular flexibility index (Phi) is 9.19. The molecule has 0 atom stereocenters. The maximum absolute atomic E-state index is 11.0. The monoisotopic (exact) mass is 218 g/mol. The standard InChI is InChI=1S/C10H22N2OS/c1-9(2)8-14-6-4-5-12-10(13)7-11-3/h9,11H,4-8H2,1-3H3,(H,12,13). The second-order valence-corrected chi connectivity index (χ2v) is 4.85. The highest BCUT2D eigenvalue weighted by atomic mass is 32.2. The van der Waals surface area contributed by atoms with Crippen molar-refractivity contribution in [1.29, 1.82) is 0 Å². The van der Waals surface area contributed by atoms with Gasteiger partial charge >= 0.3 is 0 Å². The fourth-order valence-electron chi connectivity index (χ4n) is 0.944. The van der Waals surface area contributed by atoms with E-state index >= 15 is 0 Å². The van der Waals surface area contributed by atoms with Gasteiger partial charge in [-0.05, 0) is 30.9 Å². The molecule has 0 radical (unpaired) electrons. The average Bonchev–Trinajstić information content (AvgIpc) is 2.11. The topological polar surface area (TPSA) is 41.1 Å². The molecule has 0 saturated heterocycles. The molecule has 2 N–H and O–H groups in total. The zero-order valence-corrected chi connectivity index (χ0v) is 10.2. The molecule has 0 unspecified atom stereocenters. The number of thioether (sulfide) groups is 1. The second-order valence-electron chi connectivity index (χ2n) is 3.70. The van der Waals surface area contributed by atoms with Crippen LogP contribution in [0, 0.1) is 5.92 Å². The van der Waals surface area contributed by atoms with Crippen LogP contribution in [0.3, 0.4) is 0 Å². The van der Waals surface area contributed by atoms with E-state index in [0.29, 0.717) is 6.54 Å². The SMILES string of the molecule is CNCC(=O)NCCCSCC(C)C. The average molecular weight is 218 g/mol. The van der Waals surface area contributed by atoms with E-state index in [4.69, 9.17) is 0 Å². The first-order valence-corrected chi connectivity index (χ1v) is 6.31. The molecule has 14 heavy (non-hydrogen) atoms. The molecular formula is C10H22N2OS. The van der Waals surface area contributed by atoms with Crippen LogP contribution in [0.1, 0.15) is 20.3 Å². The predicted molar refractivity (Wildman–Crippen MR) is 63.7 cm³/mol. The highest BCUT2D eigenvalue weighted by Crippen LogP contribution is 2.07. The number of carbonyl (C=O) groups is 1. The van der Waals surface area contributed by atoms with Crippen molar-refractivity contribution in [2.45, 2.75) is 20.3 Å². The maximum Gasteiger partial charge on any atom is 0.233 e. The predicted octanol–water partition coefficient (Wildman–Crippen LogP) is 1.10. The zero-order chi connectivity index (χ0) is 10.8. The number of likely N-dealkylation sites (N-methyl/N-ethyl adjacent to an activating group) is 1. The van der Waals surface area contributed by atoms with Crippen LogP contribution in [0.2, 0.25) is 0 Å². The third-order valence-electron chi connectivity index (χ3n) is 1.58. The Balaban J connectivity index is 3.09. The van der Waals surface area contributed by atoms with E-state index in [0.717, 1.165) is 24.6 Å². The zero-order valence-electron chi connectivity index (χ0n) is 9.43. The molecule has 0 aromatic heterocycles. The lowest BCUT2D eigenvalue weighted by molar-refractivity contribution is -0.120. The Morgan fingerprint density at radius 2 is 2.14 bits per heavy atom. The smallest absolute Gasteiger partial charge is 0.233 e. The van der Waals surface area contributed by atoms with Gasteiger partial charge in [-0.25, -0.2) is 0 Å². The Hall–Kier alpha value is -0.220. The van der Waals surface area contributed by atoms with Gasteiger partial charge in [0.1, 0.15) is 0 Å². The minimum atomic E-state index is 0.0846. The minimum Gasteiger partial charge on any atom is -0.355 e. The van der Waals surface area contributed by atoms with Crippen LogP contribution < -0.4 is 10.6 Å². The Morgan fingerprint density at radius 3 is 2.71 bits per heavy atom. The summed E-state index contributed by atoms with van der Waals surface area (Å²) in [5.41, 5.74) is 0. The summed E-state index contributed by atoms with van der Waals surface area (Å²) in [6.07, 6.45) is 1.06. The van der Waals surface area contributed by atoms with E-state index in [9.17, 15) is 4.79 Å². The number of hydrogen-bond donors (Lipinski definition) is 2. The van der Waals surface area contributed by atoms with Gasteiger partial charge < -0.3 is 10.6 Å². The van der Waals surface area contributed by atoms with Gasteiger partial charge in [-0.15, -0.1) is 0 Å². The lowest BCUT2D eigenvalue weighted by Gasteiger charge is -2.05. The quantitative estimate of drug-likeness (QED) is 0.600. The number of hydrogen-bond acceptors (Lipinski definition) is 3. The molecule has 0 fully saturated rings. The molecule has 84 valence electrons. The van der Waals surface area contributed by atoms with Gasteiger partial charge in [0, 0.05) is 6.54 Å². The van der Waals surface area contributed by atoms with Crippen molar-refractivity contribution in [3.63, 3.8) is 0 Å². The molecular weight excluding hydrogens is 196 g/mol. The van der Waals surface area contributed by atoms with Crippen LogP contribution in [-0.4, -0.2) is 37.6 Å². The van der Waals surface area contributed by atoms with E-state index in [-0.39, 0.29) is 5.91 Å². The molecule has 0 aliphatic carbocycles. The molecule has 0 spiro atoms. The van der Waals surface area contributed by atoms with Gasteiger partial charge in [-0.1, -0.05) is 13.8 Å². The number of nitrogens with one attached hydrogen (secondary N) is 2. The van der Waals surface area contributed by atoms with Crippen LogP contribution in [0.25, 0.3) is 0 Å². The van der Waals surface area contributed by atoms with Crippen LogP contribution in [0.4, 0.5) is 0 Å². The lowest BCUT2D eigenvalue weighted by Crippen LogP contribution is -2.32. The van der Waals surface area contributed by atoms with Crippen molar-refractivity contribution in [2.75, 3.05) is 31.6 Å². The van der Waals surface area contributed by atoms with Crippen molar-refractivity contribution in [3.05, 3.63) is 0 Å². The summed E-state index contributed by atoms with van der Waals surface area (Å²) in [4.78, 5) is 11.0. The van der Waals surface area contributed by atoms with E-state index < -0.39 is 0 Å². The summed E-state index contributed by atoms with van der Waals surface area (Å²) in [6, 6.07) is 0. The largest absolute Gasteiger partial charge is 0.355 e. The third kappa shape index (κ3) is 9.86. The molecule has 0 saturated carbocycles. The summed E-state index contributed by atoms with van der Waals surface area (Å²) >= 11 is 1.96. The van der Waals surface area contributed by atoms with Crippen LogP contribution in [0.5, 0.6) is 0 Å². The summed E-state index contributed by atoms with van der Waals surface area (Å²) in [6.45, 7) is 5.66. The van der Waals surface area contributed by atoms with Gasteiger partial charge in [0.25, 0.3) is 0 Å². The second kappa shape index (κ2) is 9.34. The van der Waals surface area contributed by atoms with Crippen molar-refractivity contribution in [3.8, 4) is 0 Å². The fourth-order valence-corrected chi connectivity index (χ4v) is 1.93. The highest BCUT2D eigenvalue weighted by molar-refractivity contribution is 7.99. The van der Waals surface area contributed by atoms with Crippen molar-refractivity contribution < 1.29 is 4.79 Å². The Bertz CT molecular complexity index is 151. The number of rotatable bonds is 8. The van der Waals surface area contributed by atoms with E-state index in [1.54, 1.807) is 7.05 Å². The molecule has 0 aliphatic rings. The minimum absolute atomic E-state index is 0.0846. The third-order valence-corrected chi connectivity index (χ3v) is 3.06. The normalized spacial score (nSPS) is 10.6. The van der Waals surface area contributed by atoms with E-state index in [2.05, 4.69) is 24.5 Å². The van der Waals surface area contributed by atoms with Crippen LogP contribution in [0.15, 0.2) is 0 Å². The van der Waals surface area contributed by atoms with Gasteiger partial charge in [-0.2, -0.15) is 11.8 Å². The molecule has 0 bridgehead atoms. The van der Waals surface area contributed by atoms with Crippen molar-refractivity contribution in [1.82, 2.24) is 10.6 Å². The summed E-state index contributed by atoms with van der Waals surface area (Å²) in [5.74, 6) is 3.20. The Labute approximate surface area is 91.4 Å². The van der Waals surface area contributed by atoms with Gasteiger partial charge in [0.05, 0.1) is 6.54 Å².